The van der Waals surface area contributed by atoms with Crippen LogP contribution in [-0.2, 0) is 6.54 Å². The molecule has 1 fully saturated rings. The van der Waals surface area contributed by atoms with E-state index in [-0.39, 0.29) is 0 Å². The highest BCUT2D eigenvalue weighted by Crippen LogP contribution is 2.38. The van der Waals surface area contributed by atoms with Crippen LogP contribution in [0.2, 0.25) is 0 Å². The minimum atomic E-state index is 0.423. The lowest BCUT2D eigenvalue weighted by molar-refractivity contribution is 0.446. The van der Waals surface area contributed by atoms with Gasteiger partial charge in [0.2, 0.25) is 0 Å². The van der Waals surface area contributed by atoms with Crippen LogP contribution in [0.25, 0.3) is 0 Å². The summed E-state index contributed by atoms with van der Waals surface area (Å²) in [5.41, 5.74) is 0.423. The quantitative estimate of drug-likeness (QED) is 0.705. The first kappa shape index (κ1) is 7.73. The minimum absolute atomic E-state index is 0.423. The Hall–Kier alpha value is -0.900. The van der Waals surface area contributed by atoms with Crippen molar-refractivity contribution in [3.63, 3.8) is 0 Å². The van der Waals surface area contributed by atoms with E-state index in [1.165, 1.54) is 12.8 Å². The second-order valence-corrected chi connectivity index (χ2v) is 3.44. The molecule has 66 valence electrons. The van der Waals surface area contributed by atoms with Gasteiger partial charge in [0.05, 0.1) is 0 Å². The molecule has 0 bridgehead atoms. The Kier molecular flexibility index (Phi) is 1.84. The molecule has 12 heavy (non-hydrogen) atoms. The summed E-state index contributed by atoms with van der Waals surface area (Å²) in [6.45, 7) is 0.973. The zero-order valence-corrected chi connectivity index (χ0v) is 7.32. The Balaban J connectivity index is 1.83. The van der Waals surface area contributed by atoms with E-state index >= 15 is 0 Å². The van der Waals surface area contributed by atoms with Gasteiger partial charge < -0.3 is 5.32 Å². The molecule has 0 radical (unpaired) electrons. The van der Waals surface area contributed by atoms with Crippen LogP contribution in [0.4, 0.5) is 0 Å². The summed E-state index contributed by atoms with van der Waals surface area (Å²) in [6.07, 6.45) is 7.12. The van der Waals surface area contributed by atoms with Crippen molar-refractivity contribution in [3.05, 3.63) is 12.7 Å². The summed E-state index contributed by atoms with van der Waals surface area (Å²) in [6, 6.07) is 0. The highest BCUT2D eigenvalue weighted by atomic mass is 15.3. The molecular weight excluding hydrogens is 152 g/mol. The summed E-state index contributed by atoms with van der Waals surface area (Å²) < 4.78 is 1.89. The van der Waals surface area contributed by atoms with Gasteiger partial charge in [-0.25, -0.2) is 4.98 Å². The molecule has 1 aliphatic carbocycles. The smallest absolute Gasteiger partial charge is 0.137 e. The molecule has 1 N–H and O–H groups in total. The van der Waals surface area contributed by atoms with E-state index < -0.39 is 0 Å². The number of rotatable bonds is 4. The Morgan fingerprint density at radius 2 is 2.42 bits per heavy atom. The average Bonchev–Trinajstić information content (AvgIpc) is 2.70. The maximum Gasteiger partial charge on any atom is 0.137 e. The lowest BCUT2D eigenvalue weighted by Gasteiger charge is -2.12. The van der Waals surface area contributed by atoms with Crippen LogP contribution in [0, 0.1) is 0 Å². The van der Waals surface area contributed by atoms with Crippen LogP contribution in [-0.4, -0.2) is 27.4 Å². The predicted octanol–water partition coefficient (Wildman–Crippen LogP) is 0.420. The summed E-state index contributed by atoms with van der Waals surface area (Å²) in [4.78, 5) is 3.90. The molecule has 0 aliphatic heterocycles. The number of aromatic nitrogens is 3. The van der Waals surface area contributed by atoms with Crippen molar-refractivity contribution in [3.8, 4) is 0 Å². The average molecular weight is 166 g/mol. The van der Waals surface area contributed by atoms with Crippen molar-refractivity contribution in [1.29, 1.82) is 0 Å². The first-order valence-corrected chi connectivity index (χ1v) is 4.36. The first-order chi connectivity index (χ1) is 5.85. The number of nitrogens with zero attached hydrogens (tertiary/aromatic N) is 3. The van der Waals surface area contributed by atoms with Crippen LogP contribution in [0.3, 0.4) is 0 Å². The molecule has 0 saturated heterocycles. The van der Waals surface area contributed by atoms with E-state index in [1.54, 1.807) is 12.7 Å². The Morgan fingerprint density at radius 1 is 1.58 bits per heavy atom. The summed E-state index contributed by atoms with van der Waals surface area (Å²) in [7, 11) is 2.04. The maximum atomic E-state index is 4.06. The van der Waals surface area contributed by atoms with Gasteiger partial charge in [-0.2, -0.15) is 5.10 Å². The molecular formula is C8H14N4. The van der Waals surface area contributed by atoms with Crippen molar-refractivity contribution in [2.75, 3.05) is 7.05 Å². The van der Waals surface area contributed by atoms with E-state index in [4.69, 9.17) is 0 Å². The number of nitrogens with one attached hydrogen (secondary N) is 1. The fraction of sp³-hybridized carbons (Fsp3) is 0.750. The molecule has 1 saturated carbocycles. The maximum absolute atomic E-state index is 4.06. The van der Waals surface area contributed by atoms with Gasteiger partial charge in [0.15, 0.2) is 0 Å². The highest BCUT2D eigenvalue weighted by Gasteiger charge is 2.40. The minimum Gasteiger partial charge on any atom is -0.314 e. The fourth-order valence-corrected chi connectivity index (χ4v) is 1.45. The van der Waals surface area contributed by atoms with Crippen LogP contribution in [0.1, 0.15) is 19.3 Å². The lowest BCUT2D eigenvalue weighted by atomic mass is 10.2. The Labute approximate surface area is 72.0 Å². The fourth-order valence-electron chi connectivity index (χ4n) is 1.45. The van der Waals surface area contributed by atoms with Gasteiger partial charge in [-0.3, -0.25) is 4.68 Å². The van der Waals surface area contributed by atoms with Gasteiger partial charge >= 0.3 is 0 Å². The number of hydrogen-bond donors (Lipinski definition) is 1. The van der Waals surface area contributed by atoms with Gasteiger partial charge in [-0.1, -0.05) is 0 Å². The monoisotopic (exact) mass is 166 g/mol. The first-order valence-electron chi connectivity index (χ1n) is 4.36. The predicted molar refractivity (Wildman–Crippen MR) is 45.7 cm³/mol. The van der Waals surface area contributed by atoms with E-state index in [0.29, 0.717) is 5.54 Å². The molecule has 1 heterocycles. The van der Waals surface area contributed by atoms with Crippen molar-refractivity contribution in [1.82, 2.24) is 20.1 Å². The second kappa shape index (κ2) is 2.86. The van der Waals surface area contributed by atoms with E-state index in [0.717, 1.165) is 13.0 Å². The van der Waals surface area contributed by atoms with Gasteiger partial charge in [0.25, 0.3) is 0 Å². The molecule has 0 unspecified atom stereocenters. The summed E-state index contributed by atoms with van der Waals surface area (Å²) >= 11 is 0. The summed E-state index contributed by atoms with van der Waals surface area (Å²) in [5, 5.41) is 7.41. The molecule has 1 aliphatic rings. The molecule has 4 nitrogen and oxygen atoms in total. The highest BCUT2D eigenvalue weighted by molar-refractivity contribution is 5.00. The third-order valence-corrected chi connectivity index (χ3v) is 2.67. The molecule has 2 rings (SSSR count). The number of aryl methyl sites for hydroxylation is 1. The topological polar surface area (TPSA) is 42.7 Å². The Morgan fingerprint density at radius 3 is 2.92 bits per heavy atom. The van der Waals surface area contributed by atoms with E-state index in [2.05, 4.69) is 15.4 Å². The molecule has 0 spiro atoms. The molecule has 0 amide bonds. The molecule has 0 atom stereocenters. The third kappa shape index (κ3) is 1.48. The molecule has 1 aromatic rings. The molecule has 0 aromatic carbocycles. The van der Waals surface area contributed by atoms with Gasteiger partial charge in [-0.05, 0) is 26.3 Å². The zero-order valence-electron chi connectivity index (χ0n) is 7.32. The Bertz CT molecular complexity index is 238. The normalized spacial score (nSPS) is 19.4. The standard InChI is InChI=1S/C8H14N4/c1-9-8(2-3-8)4-5-12-7-10-6-11-12/h6-7,9H,2-5H2,1H3. The van der Waals surface area contributed by atoms with Crippen molar-refractivity contribution < 1.29 is 0 Å². The van der Waals surface area contributed by atoms with Crippen LogP contribution < -0.4 is 5.32 Å². The van der Waals surface area contributed by atoms with Gasteiger partial charge in [-0.15, -0.1) is 0 Å². The van der Waals surface area contributed by atoms with Crippen LogP contribution in [0.5, 0.6) is 0 Å². The SMILES string of the molecule is CNC1(CCn2cncn2)CC1. The molecule has 4 heteroatoms. The van der Waals surface area contributed by atoms with Gasteiger partial charge in [0.1, 0.15) is 12.7 Å². The van der Waals surface area contributed by atoms with E-state index in [1.807, 2.05) is 11.7 Å². The van der Waals surface area contributed by atoms with Gasteiger partial charge in [0, 0.05) is 12.1 Å². The van der Waals surface area contributed by atoms with E-state index in [9.17, 15) is 0 Å². The van der Waals surface area contributed by atoms with Crippen molar-refractivity contribution in [2.45, 2.75) is 31.3 Å². The largest absolute Gasteiger partial charge is 0.314 e. The lowest BCUT2D eigenvalue weighted by Crippen LogP contribution is -2.28. The molecule has 1 aromatic heterocycles. The third-order valence-electron chi connectivity index (χ3n) is 2.67. The number of hydrogen-bond acceptors (Lipinski definition) is 3. The van der Waals surface area contributed by atoms with Crippen molar-refractivity contribution in [2.24, 2.45) is 0 Å². The zero-order chi connectivity index (χ0) is 8.44. The summed E-state index contributed by atoms with van der Waals surface area (Å²) in [5.74, 6) is 0. The van der Waals surface area contributed by atoms with Crippen LogP contribution >= 0.6 is 0 Å². The second-order valence-electron chi connectivity index (χ2n) is 3.44. The van der Waals surface area contributed by atoms with Crippen molar-refractivity contribution >= 4 is 0 Å². The van der Waals surface area contributed by atoms with Crippen LogP contribution in [0.15, 0.2) is 12.7 Å².